The molecule has 0 aliphatic carbocycles. The zero-order valence-corrected chi connectivity index (χ0v) is 13.5. The van der Waals surface area contributed by atoms with Crippen LogP contribution in [-0.4, -0.2) is 59.4 Å². The fourth-order valence-corrected chi connectivity index (χ4v) is 2.54. The summed E-state index contributed by atoms with van der Waals surface area (Å²) < 4.78 is 0. The third-order valence-electron chi connectivity index (χ3n) is 3.79. The number of hydrogen-bond donors (Lipinski definition) is 3. The topological polar surface area (TPSA) is 113 Å². The highest BCUT2D eigenvalue weighted by molar-refractivity contribution is 5.90. The number of β-amino-alcohol motifs (C(OH)–C–C–N with tert-alkyl or cyclic N) is 1. The van der Waals surface area contributed by atoms with E-state index >= 15 is 0 Å². The van der Waals surface area contributed by atoms with Gasteiger partial charge in [-0.1, -0.05) is 20.8 Å². The molecule has 4 N–H and O–H groups in total. The maximum atomic E-state index is 12.7. The molecule has 22 heavy (non-hydrogen) atoms. The summed E-state index contributed by atoms with van der Waals surface area (Å²) in [6.45, 7) is 6.07. The first-order valence-corrected chi connectivity index (χ1v) is 7.64. The molecule has 0 aromatic rings. The molecule has 1 fully saturated rings. The standard InChI is InChI=1S/C15H27N3O4/c1-15(2,3)13(17-12(21)5-4-6-16)14(22)18-8-11(20)7-10(18)9-19/h9-11,13,20H,4-8,16H2,1-3H3,(H,17,21). The first-order valence-electron chi connectivity index (χ1n) is 7.64. The van der Waals surface area contributed by atoms with Crippen molar-refractivity contribution in [1.82, 2.24) is 10.2 Å². The van der Waals surface area contributed by atoms with Gasteiger partial charge in [-0.2, -0.15) is 0 Å². The number of aliphatic hydroxyl groups excluding tert-OH is 1. The zero-order valence-electron chi connectivity index (χ0n) is 13.5. The van der Waals surface area contributed by atoms with Gasteiger partial charge in [0.25, 0.3) is 0 Å². The molecule has 3 atom stereocenters. The quantitative estimate of drug-likeness (QED) is 0.568. The van der Waals surface area contributed by atoms with Crippen molar-refractivity contribution in [1.29, 1.82) is 0 Å². The lowest BCUT2D eigenvalue weighted by molar-refractivity contribution is -0.141. The molecule has 0 radical (unpaired) electrons. The second kappa shape index (κ2) is 7.69. The number of carbonyl (C=O) groups is 3. The van der Waals surface area contributed by atoms with Crippen molar-refractivity contribution < 1.29 is 19.5 Å². The molecular weight excluding hydrogens is 286 g/mol. The Labute approximate surface area is 131 Å². The molecule has 0 saturated carbocycles. The van der Waals surface area contributed by atoms with Gasteiger partial charge in [-0.15, -0.1) is 0 Å². The molecule has 3 unspecified atom stereocenters. The van der Waals surface area contributed by atoms with Crippen molar-refractivity contribution in [2.24, 2.45) is 11.1 Å². The average molecular weight is 313 g/mol. The number of nitrogens with zero attached hydrogens (tertiary/aromatic N) is 1. The first-order chi connectivity index (χ1) is 10.2. The van der Waals surface area contributed by atoms with Gasteiger partial charge in [-0.05, 0) is 18.4 Å². The molecule has 2 amide bonds. The third kappa shape index (κ3) is 4.78. The Morgan fingerprint density at radius 3 is 2.59 bits per heavy atom. The summed E-state index contributed by atoms with van der Waals surface area (Å²) in [6.07, 6.45) is 1.02. The summed E-state index contributed by atoms with van der Waals surface area (Å²) in [5.41, 5.74) is 4.88. The van der Waals surface area contributed by atoms with Crippen LogP contribution in [0.4, 0.5) is 0 Å². The van der Waals surface area contributed by atoms with Gasteiger partial charge in [-0.3, -0.25) is 9.59 Å². The predicted octanol–water partition coefficient (Wildman–Crippen LogP) is -0.583. The molecule has 1 rings (SSSR count). The van der Waals surface area contributed by atoms with Crippen molar-refractivity contribution in [3.63, 3.8) is 0 Å². The van der Waals surface area contributed by atoms with Crippen LogP contribution in [0.3, 0.4) is 0 Å². The van der Waals surface area contributed by atoms with Crippen LogP contribution in [0.1, 0.15) is 40.0 Å². The van der Waals surface area contributed by atoms with Crippen LogP contribution in [0.15, 0.2) is 0 Å². The Balaban J connectivity index is 2.85. The number of nitrogens with two attached hydrogens (primary N) is 1. The van der Waals surface area contributed by atoms with Gasteiger partial charge in [0.05, 0.1) is 12.1 Å². The maximum absolute atomic E-state index is 12.7. The minimum atomic E-state index is -0.745. The maximum Gasteiger partial charge on any atom is 0.246 e. The minimum absolute atomic E-state index is 0.119. The van der Waals surface area contributed by atoms with Crippen molar-refractivity contribution in [3.05, 3.63) is 0 Å². The van der Waals surface area contributed by atoms with Gasteiger partial charge < -0.3 is 25.9 Å². The monoisotopic (exact) mass is 313 g/mol. The molecule has 0 aromatic heterocycles. The number of aldehydes is 1. The highest BCUT2D eigenvalue weighted by Crippen LogP contribution is 2.25. The van der Waals surface area contributed by atoms with Crippen LogP contribution in [0.2, 0.25) is 0 Å². The number of likely N-dealkylation sites (tertiary alicyclic amines) is 1. The molecule has 1 heterocycles. The fraction of sp³-hybridized carbons (Fsp3) is 0.800. The van der Waals surface area contributed by atoms with Gasteiger partial charge in [0.15, 0.2) is 0 Å². The van der Waals surface area contributed by atoms with E-state index in [-0.39, 0.29) is 31.2 Å². The molecule has 7 heteroatoms. The van der Waals surface area contributed by atoms with Crippen molar-refractivity contribution in [2.45, 2.75) is 58.2 Å². The summed E-state index contributed by atoms with van der Waals surface area (Å²) in [5.74, 6) is -0.566. The van der Waals surface area contributed by atoms with Gasteiger partial charge in [0.2, 0.25) is 11.8 Å². The van der Waals surface area contributed by atoms with E-state index in [0.717, 1.165) is 0 Å². The number of rotatable bonds is 6. The van der Waals surface area contributed by atoms with Gasteiger partial charge in [-0.25, -0.2) is 0 Å². The van der Waals surface area contributed by atoms with Crippen molar-refractivity contribution >= 4 is 18.1 Å². The number of amides is 2. The van der Waals surface area contributed by atoms with E-state index in [9.17, 15) is 19.5 Å². The van der Waals surface area contributed by atoms with Crippen LogP contribution >= 0.6 is 0 Å². The second-order valence-electron chi connectivity index (χ2n) is 6.84. The summed E-state index contributed by atoms with van der Waals surface area (Å²) in [7, 11) is 0. The molecule has 0 aromatic carbocycles. The Bertz CT molecular complexity index is 420. The van der Waals surface area contributed by atoms with Crippen LogP contribution < -0.4 is 11.1 Å². The fourth-order valence-electron chi connectivity index (χ4n) is 2.54. The Morgan fingerprint density at radius 1 is 1.45 bits per heavy atom. The number of hydrogen-bond acceptors (Lipinski definition) is 5. The normalized spacial score (nSPS) is 23.2. The Morgan fingerprint density at radius 2 is 2.09 bits per heavy atom. The van der Waals surface area contributed by atoms with Gasteiger partial charge in [0.1, 0.15) is 12.3 Å². The summed E-state index contributed by atoms with van der Waals surface area (Å²) in [4.78, 5) is 37.1. The molecular formula is C15H27N3O4. The SMILES string of the molecule is CC(C)(C)C(NC(=O)CCCN)C(=O)N1CC(O)CC1C=O. The highest BCUT2D eigenvalue weighted by atomic mass is 16.3. The van der Waals surface area contributed by atoms with E-state index in [2.05, 4.69) is 5.32 Å². The van der Waals surface area contributed by atoms with E-state index < -0.39 is 23.6 Å². The van der Waals surface area contributed by atoms with Crippen LogP contribution in [0.25, 0.3) is 0 Å². The van der Waals surface area contributed by atoms with E-state index in [0.29, 0.717) is 19.3 Å². The molecule has 7 nitrogen and oxygen atoms in total. The third-order valence-corrected chi connectivity index (χ3v) is 3.79. The molecule has 0 bridgehead atoms. The van der Waals surface area contributed by atoms with Gasteiger partial charge in [0, 0.05) is 19.4 Å². The van der Waals surface area contributed by atoms with Crippen molar-refractivity contribution in [3.8, 4) is 0 Å². The summed E-state index contributed by atoms with van der Waals surface area (Å²) in [6, 6.07) is -1.38. The van der Waals surface area contributed by atoms with E-state index in [1.54, 1.807) is 0 Å². The Kier molecular flexibility index (Phi) is 6.49. The molecule has 1 saturated heterocycles. The first kappa shape index (κ1) is 18.6. The highest BCUT2D eigenvalue weighted by Gasteiger charge is 2.41. The number of nitrogens with one attached hydrogen (secondary N) is 1. The number of carbonyl (C=O) groups excluding carboxylic acids is 3. The molecule has 1 aliphatic rings. The lowest BCUT2D eigenvalue weighted by Crippen LogP contribution is -2.56. The smallest absolute Gasteiger partial charge is 0.246 e. The summed E-state index contributed by atoms with van der Waals surface area (Å²) >= 11 is 0. The van der Waals surface area contributed by atoms with Gasteiger partial charge >= 0.3 is 0 Å². The second-order valence-corrected chi connectivity index (χ2v) is 6.84. The average Bonchev–Trinajstić information content (AvgIpc) is 2.81. The van der Waals surface area contributed by atoms with Crippen LogP contribution in [-0.2, 0) is 14.4 Å². The van der Waals surface area contributed by atoms with E-state index in [4.69, 9.17) is 5.73 Å². The van der Waals surface area contributed by atoms with Crippen LogP contribution in [0.5, 0.6) is 0 Å². The van der Waals surface area contributed by atoms with Crippen LogP contribution in [0, 0.1) is 5.41 Å². The van der Waals surface area contributed by atoms with Crippen molar-refractivity contribution in [2.75, 3.05) is 13.1 Å². The van der Waals surface area contributed by atoms with E-state index in [1.807, 2.05) is 20.8 Å². The molecule has 1 aliphatic heterocycles. The summed E-state index contributed by atoms with van der Waals surface area (Å²) in [5, 5.41) is 12.4. The predicted molar refractivity (Wildman–Crippen MR) is 81.9 cm³/mol. The minimum Gasteiger partial charge on any atom is -0.391 e. The lowest BCUT2D eigenvalue weighted by atomic mass is 9.85. The molecule has 126 valence electrons. The molecule has 0 spiro atoms. The Hall–Kier alpha value is -1.47. The number of aliphatic hydroxyl groups is 1. The van der Waals surface area contributed by atoms with E-state index in [1.165, 1.54) is 4.90 Å². The lowest BCUT2D eigenvalue weighted by Gasteiger charge is -2.34. The largest absolute Gasteiger partial charge is 0.391 e. The zero-order chi connectivity index (χ0) is 16.9.